The van der Waals surface area contributed by atoms with Crippen LogP contribution in [0.4, 0.5) is 0 Å². The number of halogens is 2. The molecule has 0 saturated carbocycles. The highest BCUT2D eigenvalue weighted by Gasteiger charge is 2.24. The van der Waals surface area contributed by atoms with Gasteiger partial charge in [-0.1, -0.05) is 60.0 Å². The van der Waals surface area contributed by atoms with Crippen LogP contribution >= 0.6 is 23.2 Å². The summed E-state index contributed by atoms with van der Waals surface area (Å²) in [6, 6.07) is 15.0. The lowest BCUT2D eigenvalue weighted by Gasteiger charge is -2.26. The maximum Gasteiger partial charge on any atom is 0.301 e. The van der Waals surface area contributed by atoms with Crippen LogP contribution in [0.25, 0.3) is 22.5 Å². The molecule has 29 heavy (non-hydrogen) atoms. The van der Waals surface area contributed by atoms with Crippen LogP contribution < -0.4 is 5.43 Å². The molecule has 3 aromatic rings. The molecule has 2 aromatic carbocycles. The molecule has 1 saturated heterocycles. The van der Waals surface area contributed by atoms with E-state index in [0.29, 0.717) is 21.6 Å². The molecule has 1 fully saturated rings. The van der Waals surface area contributed by atoms with Crippen LogP contribution in [-0.4, -0.2) is 33.6 Å². The van der Waals surface area contributed by atoms with Gasteiger partial charge in [0.15, 0.2) is 0 Å². The zero-order chi connectivity index (χ0) is 20.4. The van der Waals surface area contributed by atoms with Crippen molar-refractivity contribution in [2.75, 3.05) is 13.1 Å². The summed E-state index contributed by atoms with van der Waals surface area (Å²) in [5, 5.41) is 3.21. The Bertz CT molecular complexity index is 1020. The van der Waals surface area contributed by atoms with Crippen molar-refractivity contribution in [1.82, 2.24) is 20.0 Å². The van der Waals surface area contributed by atoms with Crippen molar-refractivity contribution < 1.29 is 4.79 Å². The summed E-state index contributed by atoms with van der Waals surface area (Å²) in [5.74, 6) is 0.123. The molecule has 0 spiro atoms. The summed E-state index contributed by atoms with van der Waals surface area (Å²) in [6.45, 7) is 1.72. The van der Waals surface area contributed by atoms with Crippen molar-refractivity contribution in [1.29, 1.82) is 0 Å². The van der Waals surface area contributed by atoms with Crippen LogP contribution in [0.2, 0.25) is 10.0 Å². The molecule has 5 nitrogen and oxygen atoms in total. The van der Waals surface area contributed by atoms with Gasteiger partial charge in [0.2, 0.25) is 5.82 Å². The van der Waals surface area contributed by atoms with Crippen molar-refractivity contribution in [2.24, 2.45) is 7.05 Å². The number of piperidine rings is 1. The molecule has 2 heterocycles. The standard InChI is InChI=1S/C22H22Cl2N4O/c1-27-20(15-9-11-16(23)12-10-15)19(17-7-3-4-8-18(17)24)25-21(27)22(29)26-28-13-5-2-6-14-28/h3-4,7-12H,2,5-6,13-14H2,1H3,(H,26,29). The number of hydrogen-bond donors (Lipinski definition) is 1. The molecule has 1 aliphatic heterocycles. The number of imidazole rings is 1. The van der Waals surface area contributed by atoms with Crippen LogP contribution in [0.15, 0.2) is 48.5 Å². The Morgan fingerprint density at radius 1 is 1.00 bits per heavy atom. The first kappa shape index (κ1) is 20.0. The fraction of sp³-hybridized carbons (Fsp3) is 0.273. The van der Waals surface area contributed by atoms with Crippen molar-refractivity contribution in [2.45, 2.75) is 19.3 Å². The molecule has 0 aliphatic carbocycles. The third-order valence-electron chi connectivity index (χ3n) is 5.16. The Kier molecular flexibility index (Phi) is 5.90. The second kappa shape index (κ2) is 8.57. The van der Waals surface area contributed by atoms with Crippen LogP contribution in [0.5, 0.6) is 0 Å². The van der Waals surface area contributed by atoms with Crippen molar-refractivity contribution in [3.8, 4) is 22.5 Å². The van der Waals surface area contributed by atoms with Crippen LogP contribution in [-0.2, 0) is 7.05 Å². The maximum absolute atomic E-state index is 13.0. The third-order valence-corrected chi connectivity index (χ3v) is 5.74. The van der Waals surface area contributed by atoms with Gasteiger partial charge in [0.1, 0.15) is 0 Å². The second-order valence-corrected chi connectivity index (χ2v) is 8.01. The van der Waals surface area contributed by atoms with Gasteiger partial charge in [-0.05, 0) is 31.0 Å². The molecular formula is C22H22Cl2N4O. The summed E-state index contributed by atoms with van der Waals surface area (Å²) >= 11 is 12.5. The Morgan fingerprint density at radius 3 is 2.38 bits per heavy atom. The minimum atomic E-state index is -0.220. The lowest BCUT2D eigenvalue weighted by Crippen LogP contribution is -2.45. The van der Waals surface area contributed by atoms with Crippen molar-refractivity contribution in [3.05, 3.63) is 64.4 Å². The fourth-order valence-electron chi connectivity index (χ4n) is 3.68. The number of benzene rings is 2. The number of carbonyl (C=O) groups excluding carboxylic acids is 1. The van der Waals surface area contributed by atoms with Gasteiger partial charge in [-0.15, -0.1) is 0 Å². The second-order valence-electron chi connectivity index (χ2n) is 7.17. The van der Waals surface area contributed by atoms with Gasteiger partial charge in [0.05, 0.1) is 16.4 Å². The lowest BCUT2D eigenvalue weighted by atomic mass is 10.0. The Labute approximate surface area is 180 Å². The lowest BCUT2D eigenvalue weighted by molar-refractivity contribution is 0.0736. The van der Waals surface area contributed by atoms with Gasteiger partial charge in [-0.25, -0.2) is 9.99 Å². The third kappa shape index (κ3) is 4.17. The van der Waals surface area contributed by atoms with Gasteiger partial charge in [-0.3, -0.25) is 10.2 Å². The molecule has 150 valence electrons. The van der Waals surface area contributed by atoms with Crippen molar-refractivity contribution >= 4 is 29.1 Å². The molecular weight excluding hydrogens is 407 g/mol. The van der Waals surface area contributed by atoms with Gasteiger partial charge >= 0.3 is 5.91 Å². The molecule has 0 bridgehead atoms. The minimum absolute atomic E-state index is 0.220. The summed E-state index contributed by atoms with van der Waals surface area (Å²) in [5.41, 5.74) is 6.19. The van der Waals surface area contributed by atoms with Gasteiger partial charge in [0, 0.05) is 36.3 Å². The van der Waals surface area contributed by atoms with E-state index < -0.39 is 0 Å². The first-order chi connectivity index (χ1) is 14.0. The van der Waals surface area contributed by atoms with E-state index in [2.05, 4.69) is 5.43 Å². The Balaban J connectivity index is 1.79. The van der Waals surface area contributed by atoms with E-state index in [1.54, 1.807) is 0 Å². The average molecular weight is 429 g/mol. The largest absolute Gasteiger partial charge is 0.322 e. The number of aromatic nitrogens is 2. The number of amides is 1. The number of hydrazine groups is 1. The van der Waals surface area contributed by atoms with E-state index in [9.17, 15) is 4.79 Å². The highest BCUT2D eigenvalue weighted by Crippen LogP contribution is 2.36. The maximum atomic E-state index is 13.0. The molecule has 1 aliphatic rings. The zero-order valence-corrected chi connectivity index (χ0v) is 17.7. The van der Waals surface area contributed by atoms with E-state index in [1.165, 1.54) is 6.42 Å². The van der Waals surface area contributed by atoms with E-state index in [4.69, 9.17) is 28.2 Å². The Morgan fingerprint density at radius 2 is 1.69 bits per heavy atom. The molecule has 4 rings (SSSR count). The number of rotatable bonds is 4. The highest BCUT2D eigenvalue weighted by molar-refractivity contribution is 6.33. The van der Waals surface area contributed by atoms with Crippen LogP contribution in [0.1, 0.15) is 29.9 Å². The highest BCUT2D eigenvalue weighted by atomic mass is 35.5. The van der Waals surface area contributed by atoms with Crippen LogP contribution in [0.3, 0.4) is 0 Å². The molecule has 1 N–H and O–H groups in total. The average Bonchev–Trinajstić information content (AvgIpc) is 3.07. The van der Waals surface area contributed by atoms with Gasteiger partial charge < -0.3 is 4.57 Å². The number of nitrogens with one attached hydrogen (secondary N) is 1. The zero-order valence-electron chi connectivity index (χ0n) is 16.2. The quantitative estimate of drug-likeness (QED) is 0.621. The van der Waals surface area contributed by atoms with Crippen molar-refractivity contribution in [3.63, 3.8) is 0 Å². The summed E-state index contributed by atoms with van der Waals surface area (Å²) in [7, 11) is 1.85. The molecule has 7 heteroatoms. The SMILES string of the molecule is Cn1c(C(=O)NN2CCCCC2)nc(-c2ccccc2Cl)c1-c1ccc(Cl)cc1. The normalized spacial score (nSPS) is 14.7. The summed E-state index contributed by atoms with van der Waals surface area (Å²) < 4.78 is 1.82. The number of hydrogen-bond acceptors (Lipinski definition) is 3. The molecule has 1 amide bonds. The van der Waals surface area contributed by atoms with E-state index >= 15 is 0 Å². The number of nitrogens with zero attached hydrogens (tertiary/aromatic N) is 3. The molecule has 1 aromatic heterocycles. The summed E-state index contributed by atoms with van der Waals surface area (Å²) in [6.07, 6.45) is 3.37. The van der Waals surface area contributed by atoms with Gasteiger partial charge in [-0.2, -0.15) is 0 Å². The Hall–Kier alpha value is -2.34. The number of carbonyl (C=O) groups is 1. The molecule has 0 radical (unpaired) electrons. The minimum Gasteiger partial charge on any atom is -0.322 e. The van der Waals surface area contributed by atoms with E-state index in [1.807, 2.05) is 65.2 Å². The van der Waals surface area contributed by atoms with E-state index in [-0.39, 0.29) is 5.91 Å². The smallest absolute Gasteiger partial charge is 0.301 e. The van der Waals surface area contributed by atoms with Gasteiger partial charge in [0.25, 0.3) is 0 Å². The summed E-state index contributed by atoms with van der Waals surface area (Å²) in [4.78, 5) is 17.7. The van der Waals surface area contributed by atoms with E-state index in [0.717, 1.165) is 42.8 Å². The predicted molar refractivity (Wildman–Crippen MR) is 117 cm³/mol. The topological polar surface area (TPSA) is 50.2 Å². The monoisotopic (exact) mass is 428 g/mol. The van der Waals surface area contributed by atoms with Crippen LogP contribution in [0, 0.1) is 0 Å². The molecule has 0 unspecified atom stereocenters. The fourth-order valence-corrected chi connectivity index (χ4v) is 4.03. The first-order valence-corrected chi connectivity index (χ1v) is 10.4. The molecule has 0 atom stereocenters. The predicted octanol–water partition coefficient (Wildman–Crippen LogP) is 5.19. The first-order valence-electron chi connectivity index (χ1n) is 9.68.